The number of hydrogen-bond donors (Lipinski definition) is 0. The van der Waals surface area contributed by atoms with Crippen LogP contribution in [0.1, 0.15) is 26.7 Å². The molecule has 0 aliphatic carbocycles. The molecule has 0 amide bonds. The van der Waals surface area contributed by atoms with Gasteiger partial charge in [0.15, 0.2) is 6.29 Å². The molecule has 0 spiro atoms. The van der Waals surface area contributed by atoms with E-state index in [0.717, 1.165) is 26.1 Å². The summed E-state index contributed by atoms with van der Waals surface area (Å²) in [6.07, 6.45) is 2.26. The van der Waals surface area contributed by atoms with Crippen LogP contribution in [0.25, 0.3) is 0 Å². The second-order valence-electron chi connectivity index (χ2n) is 2.99. The van der Waals surface area contributed by atoms with Crippen molar-refractivity contribution in [2.24, 2.45) is 5.92 Å². The first kappa shape index (κ1) is 8.02. The smallest absolute Gasteiger partial charge is 0.157 e. The van der Waals surface area contributed by atoms with Crippen LogP contribution in [0.5, 0.6) is 0 Å². The SMILES string of the molecule is CCCC1OCC(C)CO1. The third kappa shape index (κ3) is 2.27. The van der Waals surface area contributed by atoms with Crippen LogP contribution in [0.4, 0.5) is 0 Å². The van der Waals surface area contributed by atoms with E-state index in [9.17, 15) is 0 Å². The zero-order chi connectivity index (χ0) is 7.40. The molecule has 1 aliphatic rings. The summed E-state index contributed by atoms with van der Waals surface area (Å²) in [6, 6.07) is 0. The van der Waals surface area contributed by atoms with Crippen molar-refractivity contribution in [3.05, 3.63) is 0 Å². The van der Waals surface area contributed by atoms with Gasteiger partial charge in [-0.25, -0.2) is 0 Å². The summed E-state index contributed by atoms with van der Waals surface area (Å²) in [6.45, 7) is 6.02. The van der Waals surface area contributed by atoms with E-state index >= 15 is 0 Å². The van der Waals surface area contributed by atoms with Crippen molar-refractivity contribution in [1.29, 1.82) is 0 Å². The molecule has 0 unspecified atom stereocenters. The van der Waals surface area contributed by atoms with Crippen LogP contribution < -0.4 is 0 Å². The van der Waals surface area contributed by atoms with Crippen LogP contribution in [0.15, 0.2) is 0 Å². The highest BCUT2D eigenvalue weighted by atomic mass is 16.7. The van der Waals surface area contributed by atoms with Gasteiger partial charge < -0.3 is 9.47 Å². The van der Waals surface area contributed by atoms with Gasteiger partial charge in [0.25, 0.3) is 0 Å². The van der Waals surface area contributed by atoms with Crippen LogP contribution in [0.3, 0.4) is 0 Å². The molecule has 60 valence electrons. The second-order valence-corrected chi connectivity index (χ2v) is 2.99. The van der Waals surface area contributed by atoms with Crippen LogP contribution >= 0.6 is 0 Å². The molecule has 0 radical (unpaired) electrons. The summed E-state index contributed by atoms with van der Waals surface area (Å²) in [7, 11) is 0. The maximum Gasteiger partial charge on any atom is 0.157 e. The molecular formula is C8H16O2. The van der Waals surface area contributed by atoms with Gasteiger partial charge in [-0.05, 0) is 6.42 Å². The van der Waals surface area contributed by atoms with Gasteiger partial charge in [0.05, 0.1) is 13.2 Å². The third-order valence-electron chi connectivity index (χ3n) is 1.66. The van der Waals surface area contributed by atoms with Crippen LogP contribution in [0, 0.1) is 5.92 Å². The number of ether oxygens (including phenoxy) is 2. The molecule has 2 heteroatoms. The first-order valence-electron chi connectivity index (χ1n) is 4.06. The van der Waals surface area contributed by atoms with E-state index in [1.165, 1.54) is 0 Å². The third-order valence-corrected chi connectivity index (χ3v) is 1.66. The maximum atomic E-state index is 5.41. The minimum Gasteiger partial charge on any atom is -0.352 e. The Bertz CT molecular complexity index is 85.3. The molecule has 1 rings (SSSR count). The normalized spacial score (nSPS) is 34.2. The van der Waals surface area contributed by atoms with E-state index in [2.05, 4.69) is 13.8 Å². The molecule has 0 bridgehead atoms. The fraction of sp³-hybridized carbons (Fsp3) is 1.00. The Morgan fingerprint density at radius 3 is 2.40 bits per heavy atom. The van der Waals surface area contributed by atoms with Gasteiger partial charge in [-0.3, -0.25) is 0 Å². The predicted octanol–water partition coefficient (Wildman–Crippen LogP) is 1.80. The lowest BCUT2D eigenvalue weighted by Crippen LogP contribution is -2.30. The largest absolute Gasteiger partial charge is 0.352 e. The molecule has 0 atom stereocenters. The summed E-state index contributed by atoms with van der Waals surface area (Å²) < 4.78 is 10.8. The van der Waals surface area contributed by atoms with E-state index in [1.54, 1.807) is 0 Å². The molecule has 1 saturated heterocycles. The topological polar surface area (TPSA) is 18.5 Å². The van der Waals surface area contributed by atoms with E-state index in [4.69, 9.17) is 9.47 Å². The van der Waals surface area contributed by atoms with Crippen molar-refractivity contribution in [2.75, 3.05) is 13.2 Å². The molecular weight excluding hydrogens is 128 g/mol. The van der Waals surface area contributed by atoms with Gasteiger partial charge in [-0.15, -0.1) is 0 Å². The molecule has 0 N–H and O–H groups in total. The Kier molecular flexibility index (Phi) is 3.16. The summed E-state index contributed by atoms with van der Waals surface area (Å²) >= 11 is 0. The summed E-state index contributed by atoms with van der Waals surface area (Å²) in [5.74, 6) is 0.577. The highest BCUT2D eigenvalue weighted by molar-refractivity contribution is 4.57. The van der Waals surface area contributed by atoms with E-state index in [1.807, 2.05) is 0 Å². The second kappa shape index (κ2) is 3.94. The molecule has 1 heterocycles. The highest BCUT2D eigenvalue weighted by Gasteiger charge is 2.17. The molecule has 10 heavy (non-hydrogen) atoms. The Labute approximate surface area is 62.5 Å². The Morgan fingerprint density at radius 2 is 1.90 bits per heavy atom. The molecule has 2 nitrogen and oxygen atoms in total. The van der Waals surface area contributed by atoms with E-state index < -0.39 is 0 Å². The Morgan fingerprint density at radius 1 is 1.30 bits per heavy atom. The molecule has 0 aromatic heterocycles. The first-order valence-corrected chi connectivity index (χ1v) is 4.06. The lowest BCUT2D eigenvalue weighted by molar-refractivity contribution is -0.199. The van der Waals surface area contributed by atoms with Crippen molar-refractivity contribution < 1.29 is 9.47 Å². The van der Waals surface area contributed by atoms with Gasteiger partial charge in [0, 0.05) is 5.92 Å². The summed E-state index contributed by atoms with van der Waals surface area (Å²) in [5.41, 5.74) is 0. The quantitative estimate of drug-likeness (QED) is 0.588. The average Bonchev–Trinajstić information content (AvgIpc) is 1.95. The maximum absolute atomic E-state index is 5.41. The van der Waals surface area contributed by atoms with E-state index in [0.29, 0.717) is 5.92 Å². The average molecular weight is 144 g/mol. The van der Waals surface area contributed by atoms with E-state index in [-0.39, 0.29) is 6.29 Å². The van der Waals surface area contributed by atoms with Gasteiger partial charge in [0.2, 0.25) is 0 Å². The minimum atomic E-state index is 0.0844. The van der Waals surface area contributed by atoms with Crippen molar-refractivity contribution >= 4 is 0 Å². The number of rotatable bonds is 2. The monoisotopic (exact) mass is 144 g/mol. The Hall–Kier alpha value is -0.0800. The molecule has 0 aromatic rings. The molecule has 0 saturated carbocycles. The van der Waals surface area contributed by atoms with Crippen LogP contribution in [-0.2, 0) is 9.47 Å². The van der Waals surface area contributed by atoms with Crippen molar-refractivity contribution in [3.8, 4) is 0 Å². The predicted molar refractivity (Wildman–Crippen MR) is 39.8 cm³/mol. The van der Waals surface area contributed by atoms with Gasteiger partial charge in [-0.1, -0.05) is 20.3 Å². The fourth-order valence-electron chi connectivity index (χ4n) is 1.04. The molecule has 1 aliphatic heterocycles. The number of hydrogen-bond acceptors (Lipinski definition) is 2. The molecule has 0 aromatic carbocycles. The van der Waals surface area contributed by atoms with Crippen LogP contribution in [-0.4, -0.2) is 19.5 Å². The standard InChI is InChI=1S/C8H16O2/c1-3-4-8-9-5-7(2)6-10-8/h7-8H,3-6H2,1-2H3. The van der Waals surface area contributed by atoms with Crippen molar-refractivity contribution in [2.45, 2.75) is 33.0 Å². The zero-order valence-corrected chi connectivity index (χ0v) is 6.80. The van der Waals surface area contributed by atoms with Crippen molar-refractivity contribution in [1.82, 2.24) is 0 Å². The summed E-state index contributed by atoms with van der Waals surface area (Å²) in [5, 5.41) is 0. The van der Waals surface area contributed by atoms with Gasteiger partial charge in [-0.2, -0.15) is 0 Å². The fourth-order valence-corrected chi connectivity index (χ4v) is 1.04. The van der Waals surface area contributed by atoms with Gasteiger partial charge >= 0.3 is 0 Å². The minimum absolute atomic E-state index is 0.0844. The lowest BCUT2D eigenvalue weighted by Gasteiger charge is -2.26. The lowest BCUT2D eigenvalue weighted by atomic mass is 10.2. The van der Waals surface area contributed by atoms with Gasteiger partial charge in [0.1, 0.15) is 0 Å². The highest BCUT2D eigenvalue weighted by Crippen LogP contribution is 2.13. The van der Waals surface area contributed by atoms with Crippen molar-refractivity contribution in [3.63, 3.8) is 0 Å². The first-order chi connectivity index (χ1) is 4.83. The molecule has 1 fully saturated rings. The van der Waals surface area contributed by atoms with Crippen LogP contribution in [0.2, 0.25) is 0 Å². The Balaban J connectivity index is 2.13. The zero-order valence-electron chi connectivity index (χ0n) is 6.80. The summed E-state index contributed by atoms with van der Waals surface area (Å²) in [4.78, 5) is 0.